The number of methoxy groups -OCH3 is 1. The van der Waals surface area contributed by atoms with Crippen LogP contribution >= 0.6 is 0 Å². The minimum absolute atomic E-state index is 0.486. The summed E-state index contributed by atoms with van der Waals surface area (Å²) in [5, 5.41) is 3.51. The van der Waals surface area contributed by atoms with Crippen molar-refractivity contribution in [2.75, 3.05) is 33.8 Å². The van der Waals surface area contributed by atoms with Crippen molar-refractivity contribution in [2.24, 2.45) is 5.92 Å². The molecule has 1 fully saturated rings. The van der Waals surface area contributed by atoms with Gasteiger partial charge in [0.25, 0.3) is 0 Å². The molecule has 0 aromatic rings. The van der Waals surface area contributed by atoms with E-state index in [0.717, 1.165) is 31.6 Å². The molecule has 2 unspecified atom stereocenters. The number of ether oxygens (including phenoxy) is 1. The van der Waals surface area contributed by atoms with Crippen LogP contribution in [0.4, 0.5) is 0 Å². The van der Waals surface area contributed by atoms with E-state index in [9.17, 15) is 0 Å². The molecular weight excluding hydrogens is 212 g/mol. The molecule has 0 bridgehead atoms. The number of likely N-dealkylation sites (N-methyl/N-ethyl adjacent to an activating group) is 1. The van der Waals surface area contributed by atoms with Crippen LogP contribution in [0.3, 0.4) is 0 Å². The van der Waals surface area contributed by atoms with Gasteiger partial charge < -0.3 is 15.0 Å². The lowest BCUT2D eigenvalue weighted by Gasteiger charge is -2.34. The van der Waals surface area contributed by atoms with Gasteiger partial charge in [0, 0.05) is 26.2 Å². The molecule has 1 aliphatic rings. The lowest BCUT2D eigenvalue weighted by atomic mass is 9.92. The first-order chi connectivity index (χ1) is 8.13. The van der Waals surface area contributed by atoms with Gasteiger partial charge in [0.1, 0.15) is 0 Å². The molecule has 0 radical (unpaired) electrons. The van der Waals surface area contributed by atoms with Crippen molar-refractivity contribution in [2.45, 2.75) is 51.7 Å². The van der Waals surface area contributed by atoms with E-state index in [1.807, 2.05) is 7.11 Å². The Morgan fingerprint density at radius 1 is 1.35 bits per heavy atom. The molecule has 17 heavy (non-hydrogen) atoms. The minimum Gasteiger partial charge on any atom is -0.381 e. The standard InChI is InChI=1S/C14H30N2O/c1-12(2)11-15-8-9-16(3)13-6-5-7-14(10-13)17-4/h12-15H,5-11H2,1-4H3. The molecule has 102 valence electrons. The van der Waals surface area contributed by atoms with Gasteiger partial charge in [-0.2, -0.15) is 0 Å². The monoisotopic (exact) mass is 242 g/mol. The Balaban J connectivity index is 2.15. The summed E-state index contributed by atoms with van der Waals surface area (Å²) in [7, 11) is 4.09. The van der Waals surface area contributed by atoms with Crippen LogP contribution in [0.25, 0.3) is 0 Å². The molecular formula is C14H30N2O. The Hall–Kier alpha value is -0.120. The Morgan fingerprint density at radius 2 is 2.12 bits per heavy atom. The molecule has 1 rings (SSSR count). The zero-order chi connectivity index (χ0) is 12.7. The molecule has 3 nitrogen and oxygen atoms in total. The summed E-state index contributed by atoms with van der Waals surface area (Å²) in [5.74, 6) is 0.743. The highest BCUT2D eigenvalue weighted by atomic mass is 16.5. The molecule has 0 saturated heterocycles. The second-order valence-electron chi connectivity index (χ2n) is 5.76. The van der Waals surface area contributed by atoms with Gasteiger partial charge in [0.15, 0.2) is 0 Å². The molecule has 1 saturated carbocycles. The maximum absolute atomic E-state index is 5.49. The normalized spacial score (nSPS) is 25.8. The fourth-order valence-electron chi connectivity index (χ4n) is 2.56. The van der Waals surface area contributed by atoms with E-state index >= 15 is 0 Å². The number of nitrogens with zero attached hydrogens (tertiary/aromatic N) is 1. The van der Waals surface area contributed by atoms with E-state index < -0.39 is 0 Å². The van der Waals surface area contributed by atoms with Crippen molar-refractivity contribution in [1.82, 2.24) is 10.2 Å². The first kappa shape index (κ1) is 14.9. The molecule has 0 heterocycles. The largest absolute Gasteiger partial charge is 0.381 e. The van der Waals surface area contributed by atoms with E-state index in [1.165, 1.54) is 25.7 Å². The summed E-state index contributed by atoms with van der Waals surface area (Å²) in [6.07, 6.45) is 5.58. The van der Waals surface area contributed by atoms with Crippen LogP contribution in [0.15, 0.2) is 0 Å². The first-order valence-corrected chi connectivity index (χ1v) is 7.07. The minimum atomic E-state index is 0.486. The lowest BCUT2D eigenvalue weighted by Crippen LogP contribution is -2.41. The Labute approximate surface area is 107 Å². The molecule has 0 aromatic carbocycles. The zero-order valence-corrected chi connectivity index (χ0v) is 12.0. The maximum Gasteiger partial charge on any atom is 0.0586 e. The van der Waals surface area contributed by atoms with Gasteiger partial charge in [-0.1, -0.05) is 13.8 Å². The molecule has 1 N–H and O–H groups in total. The van der Waals surface area contributed by atoms with Gasteiger partial charge in [0.2, 0.25) is 0 Å². The smallest absolute Gasteiger partial charge is 0.0586 e. The fraction of sp³-hybridized carbons (Fsp3) is 1.00. The van der Waals surface area contributed by atoms with E-state index in [2.05, 4.69) is 31.1 Å². The van der Waals surface area contributed by atoms with E-state index in [1.54, 1.807) is 0 Å². The summed E-state index contributed by atoms with van der Waals surface area (Å²) in [5.41, 5.74) is 0. The van der Waals surface area contributed by atoms with Gasteiger partial charge in [-0.25, -0.2) is 0 Å². The highest BCUT2D eigenvalue weighted by molar-refractivity contribution is 4.79. The van der Waals surface area contributed by atoms with Gasteiger partial charge in [-0.05, 0) is 45.2 Å². The average Bonchev–Trinajstić information content (AvgIpc) is 2.34. The van der Waals surface area contributed by atoms with Crippen LogP contribution in [0.1, 0.15) is 39.5 Å². The average molecular weight is 242 g/mol. The third kappa shape index (κ3) is 5.84. The van der Waals surface area contributed by atoms with Crippen LogP contribution in [0, 0.1) is 5.92 Å². The number of nitrogens with one attached hydrogen (secondary N) is 1. The van der Waals surface area contributed by atoms with E-state index in [4.69, 9.17) is 4.74 Å². The Bertz CT molecular complexity index is 197. The van der Waals surface area contributed by atoms with E-state index in [0.29, 0.717) is 6.10 Å². The predicted molar refractivity (Wildman–Crippen MR) is 73.4 cm³/mol. The highest BCUT2D eigenvalue weighted by Crippen LogP contribution is 2.23. The molecule has 0 aliphatic heterocycles. The van der Waals surface area contributed by atoms with Crippen molar-refractivity contribution in [3.8, 4) is 0 Å². The lowest BCUT2D eigenvalue weighted by molar-refractivity contribution is 0.0349. The molecule has 0 aromatic heterocycles. The molecule has 0 amide bonds. The number of hydrogen-bond acceptors (Lipinski definition) is 3. The van der Waals surface area contributed by atoms with Crippen molar-refractivity contribution >= 4 is 0 Å². The van der Waals surface area contributed by atoms with Crippen LogP contribution in [-0.4, -0.2) is 50.8 Å². The number of rotatable bonds is 7. The van der Waals surface area contributed by atoms with Gasteiger partial charge in [-0.3, -0.25) is 0 Å². The van der Waals surface area contributed by atoms with Crippen molar-refractivity contribution in [3.63, 3.8) is 0 Å². The third-order valence-electron chi connectivity index (χ3n) is 3.75. The van der Waals surface area contributed by atoms with Crippen LogP contribution < -0.4 is 5.32 Å². The van der Waals surface area contributed by atoms with Gasteiger partial charge in [-0.15, -0.1) is 0 Å². The van der Waals surface area contributed by atoms with Gasteiger partial charge in [0.05, 0.1) is 6.10 Å². The van der Waals surface area contributed by atoms with Crippen LogP contribution in [0.5, 0.6) is 0 Å². The van der Waals surface area contributed by atoms with E-state index in [-0.39, 0.29) is 0 Å². The third-order valence-corrected chi connectivity index (χ3v) is 3.75. The SMILES string of the molecule is COC1CCCC(N(C)CCNCC(C)C)C1. The summed E-state index contributed by atoms with van der Waals surface area (Å²) >= 11 is 0. The molecule has 2 atom stereocenters. The van der Waals surface area contributed by atoms with Gasteiger partial charge >= 0.3 is 0 Å². The zero-order valence-electron chi connectivity index (χ0n) is 12.0. The van der Waals surface area contributed by atoms with Crippen molar-refractivity contribution in [3.05, 3.63) is 0 Å². The molecule has 1 aliphatic carbocycles. The molecule has 0 spiro atoms. The number of hydrogen-bond donors (Lipinski definition) is 1. The van der Waals surface area contributed by atoms with Crippen LogP contribution in [0.2, 0.25) is 0 Å². The first-order valence-electron chi connectivity index (χ1n) is 7.07. The maximum atomic E-state index is 5.49. The predicted octanol–water partition coefficient (Wildman–Crippen LogP) is 2.12. The Morgan fingerprint density at radius 3 is 2.76 bits per heavy atom. The fourth-order valence-corrected chi connectivity index (χ4v) is 2.56. The van der Waals surface area contributed by atoms with Crippen LogP contribution in [-0.2, 0) is 4.74 Å². The van der Waals surface area contributed by atoms with Crippen molar-refractivity contribution < 1.29 is 4.74 Å². The highest BCUT2D eigenvalue weighted by Gasteiger charge is 2.24. The Kier molecular flexibility index (Phi) is 7.09. The summed E-state index contributed by atoms with van der Waals surface area (Å²) in [6.45, 7) is 7.87. The summed E-state index contributed by atoms with van der Waals surface area (Å²) < 4.78 is 5.49. The molecule has 3 heteroatoms. The quantitative estimate of drug-likeness (QED) is 0.692. The second kappa shape index (κ2) is 8.06. The topological polar surface area (TPSA) is 24.5 Å². The van der Waals surface area contributed by atoms with Crippen molar-refractivity contribution in [1.29, 1.82) is 0 Å². The summed E-state index contributed by atoms with van der Waals surface area (Å²) in [6, 6.07) is 0.717. The summed E-state index contributed by atoms with van der Waals surface area (Å²) in [4.78, 5) is 2.50. The second-order valence-corrected chi connectivity index (χ2v) is 5.76.